The molecule has 0 bridgehead atoms. The number of rotatable bonds is 4. The van der Waals surface area contributed by atoms with Gasteiger partial charge in [0.15, 0.2) is 0 Å². The number of amides is 2. The third kappa shape index (κ3) is 2.96. The number of anilines is 3. The van der Waals surface area contributed by atoms with Crippen molar-refractivity contribution < 1.29 is 9.59 Å². The number of nitrogens with two attached hydrogens (primary N) is 1. The zero-order valence-corrected chi connectivity index (χ0v) is 11.1. The van der Waals surface area contributed by atoms with E-state index in [4.69, 9.17) is 5.73 Å². The van der Waals surface area contributed by atoms with E-state index in [1.165, 1.54) is 0 Å². The predicted octanol–water partition coefficient (Wildman–Crippen LogP) is 0.654. The Kier molecular flexibility index (Phi) is 3.59. The van der Waals surface area contributed by atoms with Crippen LogP contribution in [0.2, 0.25) is 0 Å². The number of fused-ring (bicyclic) bond motifs is 1. The number of nitrogen functional groups attached to an aromatic ring is 1. The van der Waals surface area contributed by atoms with Crippen LogP contribution < -0.4 is 16.4 Å². The second-order valence-corrected chi connectivity index (χ2v) is 4.79. The van der Waals surface area contributed by atoms with Gasteiger partial charge in [-0.05, 0) is 17.7 Å². The SMILES string of the molecule is CN(C)C(=O)CCNc1cc2c(cc1N)CC(=O)N2. The van der Waals surface area contributed by atoms with Crippen molar-refractivity contribution in [1.29, 1.82) is 0 Å². The van der Waals surface area contributed by atoms with E-state index < -0.39 is 0 Å². The molecule has 0 radical (unpaired) electrons. The number of hydrogen-bond acceptors (Lipinski definition) is 4. The van der Waals surface area contributed by atoms with Gasteiger partial charge in [0.25, 0.3) is 0 Å². The molecular formula is C13H18N4O2. The molecule has 0 saturated heterocycles. The van der Waals surface area contributed by atoms with E-state index in [9.17, 15) is 9.59 Å². The van der Waals surface area contributed by atoms with Crippen LogP contribution in [-0.2, 0) is 16.0 Å². The van der Waals surface area contributed by atoms with Crippen molar-refractivity contribution in [2.75, 3.05) is 37.0 Å². The highest BCUT2D eigenvalue weighted by molar-refractivity contribution is 6.00. The van der Waals surface area contributed by atoms with E-state index in [1.807, 2.05) is 6.07 Å². The molecule has 1 aromatic rings. The van der Waals surface area contributed by atoms with Crippen LogP contribution in [0.5, 0.6) is 0 Å². The van der Waals surface area contributed by atoms with E-state index in [2.05, 4.69) is 10.6 Å². The summed E-state index contributed by atoms with van der Waals surface area (Å²) in [5, 5.41) is 5.89. The number of carbonyl (C=O) groups is 2. The Balaban J connectivity index is 2.00. The zero-order valence-electron chi connectivity index (χ0n) is 11.1. The van der Waals surface area contributed by atoms with Gasteiger partial charge < -0.3 is 21.3 Å². The van der Waals surface area contributed by atoms with Gasteiger partial charge >= 0.3 is 0 Å². The Bertz CT molecular complexity index is 526. The lowest BCUT2D eigenvalue weighted by Gasteiger charge is -2.13. The molecule has 0 atom stereocenters. The second kappa shape index (κ2) is 5.17. The van der Waals surface area contributed by atoms with Crippen molar-refractivity contribution in [3.8, 4) is 0 Å². The summed E-state index contributed by atoms with van der Waals surface area (Å²) in [6.07, 6.45) is 0.773. The Hall–Kier alpha value is -2.24. The fourth-order valence-electron chi connectivity index (χ4n) is 1.97. The van der Waals surface area contributed by atoms with Crippen molar-refractivity contribution >= 4 is 28.9 Å². The van der Waals surface area contributed by atoms with Crippen molar-refractivity contribution in [3.05, 3.63) is 17.7 Å². The Morgan fingerprint density at radius 3 is 2.89 bits per heavy atom. The quantitative estimate of drug-likeness (QED) is 0.695. The van der Waals surface area contributed by atoms with Crippen LogP contribution in [0.1, 0.15) is 12.0 Å². The molecule has 1 aromatic carbocycles. The smallest absolute Gasteiger partial charge is 0.228 e. The molecule has 0 fully saturated rings. The molecular weight excluding hydrogens is 244 g/mol. The Morgan fingerprint density at radius 1 is 1.47 bits per heavy atom. The van der Waals surface area contributed by atoms with Gasteiger partial charge in [-0.3, -0.25) is 9.59 Å². The lowest BCUT2D eigenvalue weighted by molar-refractivity contribution is -0.128. The highest BCUT2D eigenvalue weighted by Crippen LogP contribution is 2.31. The Morgan fingerprint density at radius 2 is 2.21 bits per heavy atom. The molecule has 2 amide bonds. The van der Waals surface area contributed by atoms with Gasteiger partial charge in [0.1, 0.15) is 0 Å². The minimum atomic E-state index is -0.0191. The molecule has 0 unspecified atom stereocenters. The molecule has 4 N–H and O–H groups in total. The lowest BCUT2D eigenvalue weighted by Crippen LogP contribution is -2.24. The molecule has 2 rings (SSSR count). The number of benzene rings is 1. The van der Waals surface area contributed by atoms with Gasteiger partial charge in [0.2, 0.25) is 11.8 Å². The molecule has 1 heterocycles. The van der Waals surface area contributed by atoms with Crippen LogP contribution in [0.15, 0.2) is 12.1 Å². The first-order valence-corrected chi connectivity index (χ1v) is 6.13. The standard InChI is InChI=1S/C13H18N4O2/c1-17(2)13(19)3-4-15-11-7-10-8(5-9(11)14)6-12(18)16-10/h5,7,15H,3-4,6,14H2,1-2H3,(H,16,18). The van der Waals surface area contributed by atoms with Crippen molar-refractivity contribution in [1.82, 2.24) is 4.90 Å². The van der Waals surface area contributed by atoms with Gasteiger partial charge in [0, 0.05) is 32.7 Å². The molecule has 0 saturated carbocycles. The van der Waals surface area contributed by atoms with Crippen LogP contribution in [0.4, 0.5) is 17.1 Å². The number of carbonyl (C=O) groups excluding carboxylic acids is 2. The molecule has 0 spiro atoms. The maximum absolute atomic E-state index is 11.4. The summed E-state index contributed by atoms with van der Waals surface area (Å²) in [5.74, 6) is 0.0369. The molecule has 0 aromatic heterocycles. The van der Waals surface area contributed by atoms with Crippen LogP contribution in [0, 0.1) is 0 Å². The van der Waals surface area contributed by atoms with E-state index in [0.29, 0.717) is 25.1 Å². The number of hydrogen-bond donors (Lipinski definition) is 3. The predicted molar refractivity (Wildman–Crippen MR) is 75.0 cm³/mol. The highest BCUT2D eigenvalue weighted by atomic mass is 16.2. The average molecular weight is 262 g/mol. The summed E-state index contributed by atoms with van der Waals surface area (Å²) in [6.45, 7) is 0.508. The highest BCUT2D eigenvalue weighted by Gasteiger charge is 2.19. The fourth-order valence-corrected chi connectivity index (χ4v) is 1.97. The third-order valence-electron chi connectivity index (χ3n) is 3.05. The molecule has 6 heteroatoms. The number of nitrogens with one attached hydrogen (secondary N) is 2. The summed E-state index contributed by atoms with van der Waals surface area (Å²) in [4.78, 5) is 24.3. The Labute approximate surface area is 112 Å². The maximum atomic E-state index is 11.4. The topological polar surface area (TPSA) is 87.5 Å². The van der Waals surface area contributed by atoms with E-state index >= 15 is 0 Å². The molecule has 0 aliphatic carbocycles. The van der Waals surface area contributed by atoms with Crippen molar-refractivity contribution in [3.63, 3.8) is 0 Å². The van der Waals surface area contributed by atoms with E-state index in [0.717, 1.165) is 16.9 Å². The molecule has 6 nitrogen and oxygen atoms in total. The summed E-state index contributed by atoms with van der Waals surface area (Å²) in [5.41, 5.74) is 8.96. The first-order chi connectivity index (χ1) is 8.97. The molecule has 1 aliphatic rings. The minimum absolute atomic E-state index is 0.0191. The minimum Gasteiger partial charge on any atom is -0.397 e. The van der Waals surface area contributed by atoms with Gasteiger partial charge in [-0.25, -0.2) is 0 Å². The van der Waals surface area contributed by atoms with Gasteiger partial charge in [-0.2, -0.15) is 0 Å². The summed E-state index contributed by atoms with van der Waals surface area (Å²) >= 11 is 0. The lowest BCUT2D eigenvalue weighted by atomic mass is 10.1. The second-order valence-electron chi connectivity index (χ2n) is 4.79. The monoisotopic (exact) mass is 262 g/mol. The normalized spacial score (nSPS) is 12.8. The first kappa shape index (κ1) is 13.2. The average Bonchev–Trinajstić information content (AvgIpc) is 2.68. The number of nitrogens with zero attached hydrogens (tertiary/aromatic N) is 1. The van der Waals surface area contributed by atoms with Crippen molar-refractivity contribution in [2.45, 2.75) is 12.8 Å². The van der Waals surface area contributed by atoms with Crippen LogP contribution in [0.25, 0.3) is 0 Å². The van der Waals surface area contributed by atoms with Gasteiger partial charge in [0.05, 0.1) is 17.8 Å². The van der Waals surface area contributed by atoms with Gasteiger partial charge in [-0.1, -0.05) is 0 Å². The third-order valence-corrected chi connectivity index (χ3v) is 3.05. The summed E-state index contributed by atoms with van der Waals surface area (Å²) in [7, 11) is 3.45. The zero-order chi connectivity index (χ0) is 14.0. The molecule has 19 heavy (non-hydrogen) atoms. The maximum Gasteiger partial charge on any atom is 0.228 e. The van der Waals surface area contributed by atoms with Crippen LogP contribution in [-0.4, -0.2) is 37.4 Å². The summed E-state index contributed by atoms with van der Waals surface area (Å²) in [6, 6.07) is 3.61. The fraction of sp³-hybridized carbons (Fsp3) is 0.385. The van der Waals surface area contributed by atoms with Gasteiger partial charge in [-0.15, -0.1) is 0 Å². The van der Waals surface area contributed by atoms with E-state index in [-0.39, 0.29) is 11.8 Å². The first-order valence-electron chi connectivity index (χ1n) is 6.13. The van der Waals surface area contributed by atoms with Crippen LogP contribution in [0.3, 0.4) is 0 Å². The van der Waals surface area contributed by atoms with Crippen LogP contribution >= 0.6 is 0 Å². The molecule has 102 valence electrons. The van der Waals surface area contributed by atoms with Crippen molar-refractivity contribution in [2.24, 2.45) is 0 Å². The molecule has 1 aliphatic heterocycles. The van der Waals surface area contributed by atoms with E-state index in [1.54, 1.807) is 25.1 Å². The summed E-state index contributed by atoms with van der Waals surface area (Å²) < 4.78 is 0. The largest absolute Gasteiger partial charge is 0.397 e.